The Labute approximate surface area is 110 Å². The lowest BCUT2D eigenvalue weighted by molar-refractivity contribution is 0.0216. The molecule has 0 fully saturated rings. The number of unbranched alkanes of at least 4 members (excludes halogenated alkanes) is 3. The predicted molar refractivity (Wildman–Crippen MR) is 74.4 cm³/mol. The maximum atomic E-state index is 10.7. The monoisotopic (exact) mass is 254 g/mol. The molecule has 0 aliphatic heterocycles. The van der Waals surface area contributed by atoms with Crippen molar-refractivity contribution >= 4 is 11.6 Å². The molecule has 1 aromatic carbocycles. The van der Waals surface area contributed by atoms with Gasteiger partial charge in [-0.1, -0.05) is 62.9 Å². The summed E-state index contributed by atoms with van der Waals surface area (Å²) in [6.07, 6.45) is 6.16. The Morgan fingerprint density at radius 1 is 1.06 bits per heavy atom. The fourth-order valence-corrected chi connectivity index (χ4v) is 2.48. The molecule has 1 N–H and O–H groups in total. The average molecular weight is 255 g/mol. The van der Waals surface area contributed by atoms with Crippen LogP contribution in [-0.2, 0) is 5.60 Å². The van der Waals surface area contributed by atoms with E-state index < -0.39 is 5.60 Å². The third-order valence-corrected chi connectivity index (χ3v) is 3.45. The zero-order valence-electron chi connectivity index (χ0n) is 10.7. The van der Waals surface area contributed by atoms with Gasteiger partial charge in [-0.2, -0.15) is 0 Å². The Morgan fingerprint density at radius 2 is 1.76 bits per heavy atom. The summed E-state index contributed by atoms with van der Waals surface area (Å²) in [4.78, 5) is 0. The van der Waals surface area contributed by atoms with E-state index in [0.717, 1.165) is 18.4 Å². The Bertz CT molecular complexity index is 299. The molecule has 1 aromatic rings. The van der Waals surface area contributed by atoms with E-state index in [1.54, 1.807) is 0 Å². The summed E-state index contributed by atoms with van der Waals surface area (Å²) in [6, 6.07) is 9.90. The molecule has 0 bridgehead atoms. The van der Waals surface area contributed by atoms with E-state index in [1.165, 1.54) is 19.3 Å². The molecule has 1 rings (SSSR count). The third-order valence-electron chi connectivity index (χ3n) is 3.26. The second-order valence-electron chi connectivity index (χ2n) is 4.65. The summed E-state index contributed by atoms with van der Waals surface area (Å²) in [5, 5.41) is 10.7. The minimum Gasteiger partial charge on any atom is -0.385 e. The van der Waals surface area contributed by atoms with Crippen molar-refractivity contribution in [2.45, 2.75) is 51.0 Å². The Kier molecular flexibility index (Phi) is 6.61. The fraction of sp³-hybridized carbons (Fsp3) is 0.600. The number of halogens is 1. The van der Waals surface area contributed by atoms with E-state index in [9.17, 15) is 5.11 Å². The Morgan fingerprint density at radius 3 is 2.35 bits per heavy atom. The average Bonchev–Trinajstić information content (AvgIpc) is 2.36. The molecule has 2 heteroatoms. The van der Waals surface area contributed by atoms with Crippen molar-refractivity contribution in [2.75, 3.05) is 5.88 Å². The van der Waals surface area contributed by atoms with Gasteiger partial charge in [-0.05, 0) is 18.4 Å². The molecule has 1 nitrogen and oxygen atoms in total. The molecule has 0 heterocycles. The molecule has 0 radical (unpaired) electrons. The van der Waals surface area contributed by atoms with Crippen LogP contribution in [0.25, 0.3) is 0 Å². The highest BCUT2D eigenvalue weighted by Crippen LogP contribution is 2.31. The smallest absolute Gasteiger partial charge is 0.0907 e. The molecule has 0 aromatic heterocycles. The van der Waals surface area contributed by atoms with Crippen molar-refractivity contribution in [1.29, 1.82) is 0 Å². The molecule has 0 saturated carbocycles. The summed E-state index contributed by atoms with van der Waals surface area (Å²) in [5.74, 6) is 0.499. The maximum absolute atomic E-state index is 10.7. The van der Waals surface area contributed by atoms with Crippen LogP contribution in [-0.4, -0.2) is 11.0 Å². The molecule has 17 heavy (non-hydrogen) atoms. The van der Waals surface area contributed by atoms with E-state index in [2.05, 4.69) is 6.92 Å². The highest BCUT2D eigenvalue weighted by molar-refractivity contribution is 6.17. The molecule has 1 atom stereocenters. The number of rotatable bonds is 8. The predicted octanol–water partition coefficient (Wildman–Crippen LogP) is 4.47. The zero-order chi connectivity index (χ0) is 12.6. The highest BCUT2D eigenvalue weighted by atomic mass is 35.5. The fourth-order valence-electron chi connectivity index (χ4n) is 2.16. The third kappa shape index (κ3) is 4.69. The quantitative estimate of drug-likeness (QED) is 0.536. The molecular weight excluding hydrogens is 232 g/mol. The lowest BCUT2D eigenvalue weighted by atomic mass is 9.86. The van der Waals surface area contributed by atoms with Crippen LogP contribution < -0.4 is 0 Å². The largest absolute Gasteiger partial charge is 0.385 e. The second kappa shape index (κ2) is 7.73. The SMILES string of the molecule is CCCCCCC(O)(CCCl)c1ccccc1. The first kappa shape index (κ1) is 14.5. The van der Waals surface area contributed by atoms with E-state index >= 15 is 0 Å². The van der Waals surface area contributed by atoms with Crippen LogP contribution in [0.15, 0.2) is 30.3 Å². The first-order chi connectivity index (χ1) is 8.23. The van der Waals surface area contributed by atoms with Crippen LogP contribution in [0.4, 0.5) is 0 Å². The minimum absolute atomic E-state index is 0.499. The van der Waals surface area contributed by atoms with E-state index in [-0.39, 0.29) is 0 Å². The molecule has 0 spiro atoms. The molecule has 96 valence electrons. The molecule has 1 unspecified atom stereocenters. The van der Waals surface area contributed by atoms with E-state index in [0.29, 0.717) is 12.3 Å². The van der Waals surface area contributed by atoms with Crippen LogP contribution in [0, 0.1) is 0 Å². The molecule has 0 aliphatic rings. The minimum atomic E-state index is -0.739. The van der Waals surface area contributed by atoms with Crippen molar-refractivity contribution in [3.05, 3.63) is 35.9 Å². The molecular formula is C15H23ClO. The topological polar surface area (TPSA) is 20.2 Å². The summed E-state index contributed by atoms with van der Waals surface area (Å²) in [7, 11) is 0. The van der Waals surface area contributed by atoms with Crippen molar-refractivity contribution in [2.24, 2.45) is 0 Å². The van der Waals surface area contributed by atoms with Gasteiger partial charge < -0.3 is 5.11 Å². The van der Waals surface area contributed by atoms with Crippen LogP contribution in [0.1, 0.15) is 51.0 Å². The number of hydrogen-bond acceptors (Lipinski definition) is 1. The van der Waals surface area contributed by atoms with Gasteiger partial charge in [0.1, 0.15) is 0 Å². The van der Waals surface area contributed by atoms with Gasteiger partial charge in [-0.25, -0.2) is 0 Å². The van der Waals surface area contributed by atoms with Crippen LogP contribution in [0.3, 0.4) is 0 Å². The standard InChI is InChI=1S/C15H23ClO/c1-2-3-4-8-11-15(17,12-13-16)14-9-6-5-7-10-14/h5-7,9-10,17H,2-4,8,11-13H2,1H3. The molecule has 0 saturated heterocycles. The summed E-state index contributed by atoms with van der Waals surface area (Å²) >= 11 is 5.82. The van der Waals surface area contributed by atoms with Gasteiger partial charge in [-0.15, -0.1) is 11.6 Å². The van der Waals surface area contributed by atoms with Gasteiger partial charge in [0.2, 0.25) is 0 Å². The Balaban J connectivity index is 2.62. The lowest BCUT2D eigenvalue weighted by Crippen LogP contribution is -2.26. The lowest BCUT2D eigenvalue weighted by Gasteiger charge is -2.28. The van der Waals surface area contributed by atoms with Crippen LogP contribution >= 0.6 is 11.6 Å². The number of hydrogen-bond donors (Lipinski definition) is 1. The van der Waals surface area contributed by atoms with Crippen molar-refractivity contribution in [1.82, 2.24) is 0 Å². The van der Waals surface area contributed by atoms with Gasteiger partial charge in [0.25, 0.3) is 0 Å². The van der Waals surface area contributed by atoms with Crippen LogP contribution in [0.2, 0.25) is 0 Å². The number of benzene rings is 1. The highest BCUT2D eigenvalue weighted by Gasteiger charge is 2.27. The van der Waals surface area contributed by atoms with Crippen molar-refractivity contribution in [3.8, 4) is 0 Å². The molecule has 0 aliphatic carbocycles. The summed E-state index contributed by atoms with van der Waals surface area (Å²) < 4.78 is 0. The normalized spacial score (nSPS) is 14.5. The number of aliphatic hydroxyl groups is 1. The van der Waals surface area contributed by atoms with Gasteiger partial charge in [-0.3, -0.25) is 0 Å². The second-order valence-corrected chi connectivity index (χ2v) is 5.03. The van der Waals surface area contributed by atoms with Gasteiger partial charge in [0.15, 0.2) is 0 Å². The van der Waals surface area contributed by atoms with Gasteiger partial charge in [0, 0.05) is 5.88 Å². The van der Waals surface area contributed by atoms with Gasteiger partial charge in [0.05, 0.1) is 5.60 Å². The first-order valence-electron chi connectivity index (χ1n) is 6.57. The van der Waals surface area contributed by atoms with Crippen molar-refractivity contribution < 1.29 is 5.11 Å². The first-order valence-corrected chi connectivity index (χ1v) is 7.10. The molecule has 0 amide bonds. The van der Waals surface area contributed by atoms with Gasteiger partial charge >= 0.3 is 0 Å². The summed E-state index contributed by atoms with van der Waals surface area (Å²) in [6.45, 7) is 2.20. The van der Waals surface area contributed by atoms with Crippen LogP contribution in [0.5, 0.6) is 0 Å². The summed E-state index contributed by atoms with van der Waals surface area (Å²) in [5.41, 5.74) is 0.258. The number of alkyl halides is 1. The van der Waals surface area contributed by atoms with E-state index in [4.69, 9.17) is 11.6 Å². The maximum Gasteiger partial charge on any atom is 0.0907 e. The van der Waals surface area contributed by atoms with E-state index in [1.807, 2.05) is 30.3 Å². The van der Waals surface area contributed by atoms with Crippen molar-refractivity contribution in [3.63, 3.8) is 0 Å². The Hall–Kier alpha value is -0.530. The zero-order valence-corrected chi connectivity index (χ0v) is 11.4.